The summed E-state index contributed by atoms with van der Waals surface area (Å²) in [7, 11) is -2.94. The Labute approximate surface area is 163 Å². The highest BCUT2D eigenvalue weighted by molar-refractivity contribution is 7.80. The molecule has 0 radical (unpaired) electrons. The number of amides is 4. The van der Waals surface area contributed by atoms with Crippen molar-refractivity contribution in [3.8, 4) is 0 Å². The summed E-state index contributed by atoms with van der Waals surface area (Å²) in [4.78, 5) is 40.8. The molecular weight excluding hydrogens is 394 g/mol. The van der Waals surface area contributed by atoms with Gasteiger partial charge in [0.05, 0.1) is 6.04 Å². The van der Waals surface area contributed by atoms with Crippen LogP contribution >= 0.6 is 0 Å². The lowest BCUT2D eigenvalue weighted by molar-refractivity contribution is -0.149. The predicted molar refractivity (Wildman–Crippen MR) is 94.3 cm³/mol. The van der Waals surface area contributed by atoms with E-state index in [9.17, 15) is 22.8 Å². The minimum atomic E-state index is -4.87. The van der Waals surface area contributed by atoms with Crippen molar-refractivity contribution in [2.24, 2.45) is 5.84 Å². The molecule has 28 heavy (non-hydrogen) atoms. The normalized spacial score (nSPS) is 28.5. The standard InChI is InChI=1S/C15H25N5O7S/c1-17-7-3-2-4-10(17)8-13(21)19(16)14(22)12-6-5-11-9-18(12)15(23)20(11)27-28(24,25)26/h10-12H,2-9,16H2,1H3,(H,24,25,26)/t10?,11-,12+/m1/s1. The smallest absolute Gasteiger partial charge is 0.309 e. The van der Waals surface area contributed by atoms with Crippen LogP contribution in [0.3, 0.4) is 0 Å². The van der Waals surface area contributed by atoms with Crippen LogP contribution in [0.15, 0.2) is 0 Å². The monoisotopic (exact) mass is 419 g/mol. The summed E-state index contributed by atoms with van der Waals surface area (Å²) in [6.45, 7) is 0.921. The van der Waals surface area contributed by atoms with Crippen molar-refractivity contribution in [1.82, 2.24) is 19.9 Å². The average Bonchev–Trinajstić information content (AvgIpc) is 2.86. The fraction of sp³-hybridized carbons (Fsp3) is 0.800. The number of hydrogen-bond donors (Lipinski definition) is 2. The van der Waals surface area contributed by atoms with Crippen molar-refractivity contribution in [3.05, 3.63) is 0 Å². The number of piperidine rings is 2. The summed E-state index contributed by atoms with van der Waals surface area (Å²) < 4.78 is 35.0. The second-order valence-corrected chi connectivity index (χ2v) is 8.45. The van der Waals surface area contributed by atoms with Gasteiger partial charge in [0.15, 0.2) is 0 Å². The Morgan fingerprint density at radius 3 is 2.64 bits per heavy atom. The van der Waals surface area contributed by atoms with E-state index < -0.39 is 40.3 Å². The molecular formula is C15H25N5O7S. The molecule has 3 N–H and O–H groups in total. The van der Waals surface area contributed by atoms with Crippen LogP contribution in [0.1, 0.15) is 38.5 Å². The highest BCUT2D eigenvalue weighted by atomic mass is 32.3. The quantitative estimate of drug-likeness (QED) is 0.249. The summed E-state index contributed by atoms with van der Waals surface area (Å²) in [5, 5.41) is 1.11. The van der Waals surface area contributed by atoms with Gasteiger partial charge in [-0.05, 0) is 39.3 Å². The van der Waals surface area contributed by atoms with E-state index in [1.807, 2.05) is 7.05 Å². The first-order valence-corrected chi connectivity index (χ1v) is 10.5. The Kier molecular flexibility index (Phi) is 5.91. The Hall–Kier alpha value is -1.80. The number of urea groups is 1. The molecule has 12 nitrogen and oxygen atoms in total. The van der Waals surface area contributed by atoms with Crippen LogP contribution < -0.4 is 5.84 Å². The number of hydroxylamine groups is 2. The lowest BCUT2D eigenvalue weighted by atomic mass is 9.98. The summed E-state index contributed by atoms with van der Waals surface area (Å²) in [5.41, 5.74) is 0. The number of imide groups is 1. The first kappa shape index (κ1) is 20.9. The maximum absolute atomic E-state index is 12.7. The summed E-state index contributed by atoms with van der Waals surface area (Å²) in [5.74, 6) is 4.52. The van der Waals surface area contributed by atoms with E-state index in [1.54, 1.807) is 0 Å². The molecule has 4 amide bonds. The molecule has 3 saturated heterocycles. The number of carbonyl (C=O) groups is 3. The summed E-state index contributed by atoms with van der Waals surface area (Å²) in [6, 6.07) is -2.46. The predicted octanol–water partition coefficient (Wildman–Crippen LogP) is -0.907. The van der Waals surface area contributed by atoms with Gasteiger partial charge in [0.1, 0.15) is 6.04 Å². The van der Waals surface area contributed by atoms with Gasteiger partial charge in [0.25, 0.3) is 5.91 Å². The highest BCUT2D eigenvalue weighted by Crippen LogP contribution is 2.31. The molecule has 3 fully saturated rings. The summed E-state index contributed by atoms with van der Waals surface area (Å²) in [6.07, 6.45) is 3.50. The highest BCUT2D eigenvalue weighted by Gasteiger charge is 2.50. The molecule has 3 aliphatic heterocycles. The van der Waals surface area contributed by atoms with E-state index in [1.165, 1.54) is 0 Å². The molecule has 0 aromatic rings. The zero-order valence-corrected chi connectivity index (χ0v) is 16.4. The van der Waals surface area contributed by atoms with E-state index in [2.05, 4.69) is 9.18 Å². The van der Waals surface area contributed by atoms with Crippen LogP contribution in [0, 0.1) is 0 Å². The van der Waals surface area contributed by atoms with Gasteiger partial charge in [-0.25, -0.2) is 15.6 Å². The SMILES string of the molecule is CN1CCCCC1CC(=O)N(N)C(=O)[C@@H]1CC[C@@H]2CN1C(=O)N2OS(=O)(=O)O. The van der Waals surface area contributed by atoms with Gasteiger partial charge in [-0.15, -0.1) is 4.28 Å². The number of hydrazine groups is 1. The summed E-state index contributed by atoms with van der Waals surface area (Å²) >= 11 is 0. The van der Waals surface area contributed by atoms with Crippen LogP contribution in [-0.4, -0.2) is 89.0 Å². The third-order valence-electron chi connectivity index (χ3n) is 5.62. The average molecular weight is 419 g/mol. The zero-order valence-electron chi connectivity index (χ0n) is 15.6. The third-order valence-corrected chi connectivity index (χ3v) is 5.97. The van der Waals surface area contributed by atoms with Crippen LogP contribution in [0.25, 0.3) is 0 Å². The van der Waals surface area contributed by atoms with Crippen molar-refractivity contribution in [1.29, 1.82) is 0 Å². The molecule has 13 heteroatoms. The molecule has 2 bridgehead atoms. The number of hydrogen-bond acceptors (Lipinski definition) is 8. The molecule has 0 saturated carbocycles. The first-order valence-electron chi connectivity index (χ1n) is 9.17. The topological polar surface area (TPSA) is 154 Å². The van der Waals surface area contributed by atoms with E-state index in [0.29, 0.717) is 10.1 Å². The van der Waals surface area contributed by atoms with Crippen LogP contribution in [0.2, 0.25) is 0 Å². The lowest BCUT2D eigenvalue weighted by Gasteiger charge is -2.34. The second kappa shape index (κ2) is 7.91. The number of rotatable bonds is 5. The van der Waals surface area contributed by atoms with Gasteiger partial charge in [-0.2, -0.15) is 13.5 Å². The number of fused-ring (bicyclic) bond motifs is 2. The van der Waals surface area contributed by atoms with Gasteiger partial charge in [-0.1, -0.05) is 6.42 Å². The maximum Gasteiger partial charge on any atom is 0.418 e. The van der Waals surface area contributed by atoms with E-state index in [4.69, 9.17) is 10.4 Å². The fourth-order valence-electron chi connectivity index (χ4n) is 4.07. The van der Waals surface area contributed by atoms with Crippen LogP contribution in [0.5, 0.6) is 0 Å². The number of nitrogens with two attached hydrogens (primary N) is 1. The molecule has 0 spiro atoms. The van der Waals surface area contributed by atoms with Crippen LogP contribution in [-0.2, 0) is 24.3 Å². The van der Waals surface area contributed by atoms with Gasteiger partial charge < -0.3 is 9.80 Å². The molecule has 0 aromatic heterocycles. The Morgan fingerprint density at radius 1 is 1.29 bits per heavy atom. The van der Waals surface area contributed by atoms with E-state index >= 15 is 0 Å². The van der Waals surface area contributed by atoms with Gasteiger partial charge in [0, 0.05) is 19.0 Å². The molecule has 158 valence electrons. The van der Waals surface area contributed by atoms with Crippen molar-refractivity contribution in [2.75, 3.05) is 20.1 Å². The van der Waals surface area contributed by atoms with Crippen LogP contribution in [0.4, 0.5) is 4.79 Å². The largest absolute Gasteiger partial charge is 0.418 e. The Morgan fingerprint density at radius 2 is 2.00 bits per heavy atom. The maximum atomic E-state index is 12.7. The number of carbonyl (C=O) groups excluding carboxylic acids is 3. The Balaban J connectivity index is 1.64. The molecule has 3 aliphatic rings. The van der Waals surface area contributed by atoms with Crippen molar-refractivity contribution in [2.45, 2.75) is 56.7 Å². The van der Waals surface area contributed by atoms with Crippen molar-refractivity contribution >= 4 is 28.2 Å². The molecule has 3 heterocycles. The van der Waals surface area contributed by atoms with Gasteiger partial charge in [0.2, 0.25) is 5.91 Å². The fourth-order valence-corrected chi connectivity index (χ4v) is 4.46. The van der Waals surface area contributed by atoms with Crippen molar-refractivity contribution < 1.29 is 31.6 Å². The number of likely N-dealkylation sites (tertiary alicyclic amines) is 1. The molecule has 3 atom stereocenters. The molecule has 1 unspecified atom stereocenters. The number of nitrogens with zero attached hydrogens (tertiary/aromatic N) is 4. The van der Waals surface area contributed by atoms with Crippen molar-refractivity contribution in [3.63, 3.8) is 0 Å². The molecule has 0 aliphatic carbocycles. The van der Waals surface area contributed by atoms with Gasteiger partial charge >= 0.3 is 16.4 Å². The Bertz CT molecular complexity index is 760. The zero-order chi connectivity index (χ0) is 20.6. The van der Waals surface area contributed by atoms with E-state index in [-0.39, 0.29) is 31.8 Å². The third kappa shape index (κ3) is 4.27. The lowest BCUT2D eigenvalue weighted by Crippen LogP contribution is -2.56. The molecule has 0 aromatic carbocycles. The minimum absolute atomic E-state index is 0.0166. The first-order chi connectivity index (χ1) is 13.1. The second-order valence-electron chi connectivity index (χ2n) is 7.45. The minimum Gasteiger partial charge on any atom is -0.309 e. The van der Waals surface area contributed by atoms with Gasteiger partial charge in [-0.3, -0.25) is 14.1 Å². The molecule has 3 rings (SSSR count). The van der Waals surface area contributed by atoms with E-state index in [0.717, 1.165) is 30.7 Å².